The number of aryl methyl sites for hydroxylation is 2. The summed E-state index contributed by atoms with van der Waals surface area (Å²) in [5, 5.41) is 0. The Balaban J connectivity index is 1.86. The third-order valence-electron chi connectivity index (χ3n) is 4.89. The average Bonchev–Trinajstić information content (AvgIpc) is 2.68. The Bertz CT molecular complexity index is 1060. The molecule has 3 rings (SSSR count). The zero-order valence-electron chi connectivity index (χ0n) is 15.9. The summed E-state index contributed by atoms with van der Waals surface area (Å²) in [6, 6.07) is 12.6. The van der Waals surface area contributed by atoms with E-state index in [0.29, 0.717) is 0 Å². The first-order valence-corrected chi connectivity index (χ1v) is 11.8. The molecule has 0 N–H and O–H groups in total. The summed E-state index contributed by atoms with van der Waals surface area (Å²) in [6.45, 7) is 7.69. The fraction of sp³-hybridized carbons (Fsp3) is 0.300. The highest BCUT2D eigenvalue weighted by Gasteiger charge is 2.38. The standard InChI is InChI=1S/C20H24N2O4S2/c1-4-18-15-21(27(23,24)19-9-5-16(2)6-10-19)13-14-22(18)28(25,26)20-11-7-17(3)8-12-20/h4-12,18H,1,13-15H2,2-3H3/t18-/m1/s1. The third kappa shape index (κ3) is 3.91. The fourth-order valence-corrected chi connectivity index (χ4v) is 6.21. The van der Waals surface area contributed by atoms with Gasteiger partial charge < -0.3 is 0 Å². The maximum absolute atomic E-state index is 13.0. The van der Waals surface area contributed by atoms with E-state index in [9.17, 15) is 16.8 Å². The van der Waals surface area contributed by atoms with Gasteiger partial charge in [0.1, 0.15) is 0 Å². The molecule has 1 aliphatic rings. The van der Waals surface area contributed by atoms with Gasteiger partial charge in [0.25, 0.3) is 0 Å². The van der Waals surface area contributed by atoms with E-state index in [0.717, 1.165) is 11.1 Å². The van der Waals surface area contributed by atoms with Crippen molar-refractivity contribution in [1.29, 1.82) is 0 Å². The van der Waals surface area contributed by atoms with Gasteiger partial charge in [-0.1, -0.05) is 41.5 Å². The van der Waals surface area contributed by atoms with Gasteiger partial charge in [-0.05, 0) is 38.1 Å². The number of rotatable bonds is 5. The zero-order chi connectivity index (χ0) is 20.5. The molecule has 2 aromatic rings. The molecule has 0 spiro atoms. The van der Waals surface area contributed by atoms with Gasteiger partial charge in [0.05, 0.1) is 15.8 Å². The van der Waals surface area contributed by atoms with Gasteiger partial charge in [-0.3, -0.25) is 0 Å². The molecule has 1 aliphatic heterocycles. The molecular formula is C20H24N2O4S2. The van der Waals surface area contributed by atoms with Gasteiger partial charge in [0.2, 0.25) is 20.0 Å². The molecule has 28 heavy (non-hydrogen) atoms. The van der Waals surface area contributed by atoms with Crippen molar-refractivity contribution < 1.29 is 16.8 Å². The van der Waals surface area contributed by atoms with E-state index in [-0.39, 0.29) is 29.4 Å². The highest BCUT2D eigenvalue weighted by Crippen LogP contribution is 2.26. The summed E-state index contributed by atoms with van der Waals surface area (Å²) in [5.74, 6) is 0. The van der Waals surface area contributed by atoms with Gasteiger partial charge in [-0.25, -0.2) is 16.8 Å². The van der Waals surface area contributed by atoms with Crippen molar-refractivity contribution >= 4 is 20.0 Å². The lowest BCUT2D eigenvalue weighted by molar-refractivity contribution is 0.230. The van der Waals surface area contributed by atoms with Crippen molar-refractivity contribution in [3.8, 4) is 0 Å². The predicted octanol–water partition coefficient (Wildman–Crippen LogP) is 2.55. The number of hydrogen-bond acceptors (Lipinski definition) is 4. The van der Waals surface area contributed by atoms with Gasteiger partial charge in [0.15, 0.2) is 0 Å². The second kappa shape index (κ2) is 7.79. The topological polar surface area (TPSA) is 74.8 Å². The largest absolute Gasteiger partial charge is 0.243 e. The third-order valence-corrected chi connectivity index (χ3v) is 8.71. The average molecular weight is 421 g/mol. The molecule has 8 heteroatoms. The smallest absolute Gasteiger partial charge is 0.207 e. The Morgan fingerprint density at radius 2 is 1.29 bits per heavy atom. The Kier molecular flexibility index (Phi) is 5.77. The molecule has 0 aromatic heterocycles. The van der Waals surface area contributed by atoms with E-state index in [2.05, 4.69) is 6.58 Å². The van der Waals surface area contributed by atoms with Gasteiger partial charge in [-0.15, -0.1) is 6.58 Å². The van der Waals surface area contributed by atoms with E-state index in [1.165, 1.54) is 14.7 Å². The van der Waals surface area contributed by atoms with Crippen LogP contribution in [0.15, 0.2) is 71.0 Å². The fourth-order valence-electron chi connectivity index (χ4n) is 3.18. The molecule has 1 heterocycles. The highest BCUT2D eigenvalue weighted by molar-refractivity contribution is 7.89. The summed E-state index contributed by atoms with van der Waals surface area (Å²) >= 11 is 0. The minimum atomic E-state index is -3.74. The maximum Gasteiger partial charge on any atom is 0.243 e. The van der Waals surface area contributed by atoms with Crippen LogP contribution in [0.3, 0.4) is 0 Å². The van der Waals surface area contributed by atoms with E-state index in [1.807, 2.05) is 13.8 Å². The summed E-state index contributed by atoms with van der Waals surface area (Å²) in [4.78, 5) is 0.399. The van der Waals surface area contributed by atoms with Gasteiger partial charge in [0, 0.05) is 19.6 Å². The van der Waals surface area contributed by atoms with Crippen LogP contribution in [-0.4, -0.2) is 51.1 Å². The van der Waals surface area contributed by atoms with Crippen LogP contribution in [0.4, 0.5) is 0 Å². The lowest BCUT2D eigenvalue weighted by Gasteiger charge is -2.38. The van der Waals surface area contributed by atoms with Crippen LogP contribution in [0, 0.1) is 13.8 Å². The van der Waals surface area contributed by atoms with Crippen LogP contribution in [0.2, 0.25) is 0 Å². The molecule has 150 valence electrons. The van der Waals surface area contributed by atoms with Crippen molar-refractivity contribution in [2.75, 3.05) is 19.6 Å². The first kappa shape index (κ1) is 20.7. The Morgan fingerprint density at radius 3 is 1.75 bits per heavy atom. The van der Waals surface area contributed by atoms with E-state index >= 15 is 0 Å². The van der Waals surface area contributed by atoms with Crippen molar-refractivity contribution in [1.82, 2.24) is 8.61 Å². The molecule has 0 bridgehead atoms. The van der Waals surface area contributed by atoms with E-state index in [4.69, 9.17) is 0 Å². The maximum atomic E-state index is 13.0. The van der Waals surface area contributed by atoms with E-state index < -0.39 is 26.1 Å². The Labute approximate surface area is 167 Å². The summed E-state index contributed by atoms with van der Waals surface area (Å²) in [5.41, 5.74) is 1.94. The Hall–Kier alpha value is -2.00. The first-order valence-electron chi connectivity index (χ1n) is 8.94. The van der Waals surface area contributed by atoms with Crippen LogP contribution in [-0.2, 0) is 20.0 Å². The predicted molar refractivity (Wildman–Crippen MR) is 109 cm³/mol. The van der Waals surface area contributed by atoms with Crippen LogP contribution in [0.1, 0.15) is 11.1 Å². The second-order valence-corrected chi connectivity index (χ2v) is 10.7. The van der Waals surface area contributed by atoms with Crippen LogP contribution >= 0.6 is 0 Å². The molecular weight excluding hydrogens is 396 g/mol. The SMILES string of the molecule is C=C[C@@H]1CN(S(=O)(=O)c2ccc(C)cc2)CCN1S(=O)(=O)c1ccc(C)cc1. The number of benzene rings is 2. The molecule has 0 unspecified atom stereocenters. The monoisotopic (exact) mass is 420 g/mol. The first-order chi connectivity index (χ1) is 13.2. The van der Waals surface area contributed by atoms with Crippen LogP contribution < -0.4 is 0 Å². The van der Waals surface area contributed by atoms with Crippen molar-refractivity contribution in [3.05, 3.63) is 72.3 Å². The zero-order valence-corrected chi connectivity index (χ0v) is 17.6. The highest BCUT2D eigenvalue weighted by atomic mass is 32.2. The minimum Gasteiger partial charge on any atom is -0.207 e. The molecule has 0 saturated carbocycles. The molecule has 0 amide bonds. The molecule has 0 aliphatic carbocycles. The van der Waals surface area contributed by atoms with Crippen molar-refractivity contribution in [2.45, 2.75) is 29.7 Å². The number of sulfonamides is 2. The second-order valence-electron chi connectivity index (χ2n) is 6.91. The van der Waals surface area contributed by atoms with Crippen LogP contribution in [0.25, 0.3) is 0 Å². The van der Waals surface area contributed by atoms with Gasteiger partial charge in [-0.2, -0.15) is 8.61 Å². The molecule has 1 atom stereocenters. The number of hydrogen-bond donors (Lipinski definition) is 0. The minimum absolute atomic E-state index is 0.0325. The summed E-state index contributed by atoms with van der Waals surface area (Å²) < 4.78 is 54.6. The lowest BCUT2D eigenvalue weighted by atomic mass is 10.2. The summed E-state index contributed by atoms with van der Waals surface area (Å²) in [7, 11) is -7.44. The molecule has 0 radical (unpaired) electrons. The van der Waals surface area contributed by atoms with Crippen LogP contribution in [0.5, 0.6) is 0 Å². The van der Waals surface area contributed by atoms with Gasteiger partial charge >= 0.3 is 0 Å². The quantitative estimate of drug-likeness (QED) is 0.697. The Morgan fingerprint density at radius 1 is 0.821 bits per heavy atom. The van der Waals surface area contributed by atoms with Crippen molar-refractivity contribution in [2.24, 2.45) is 0 Å². The summed E-state index contributed by atoms with van der Waals surface area (Å²) in [6.07, 6.45) is 1.49. The van der Waals surface area contributed by atoms with Crippen molar-refractivity contribution in [3.63, 3.8) is 0 Å². The number of piperazine rings is 1. The molecule has 6 nitrogen and oxygen atoms in total. The molecule has 1 fully saturated rings. The van der Waals surface area contributed by atoms with E-state index in [1.54, 1.807) is 48.5 Å². The molecule has 2 aromatic carbocycles. The number of nitrogens with zero attached hydrogens (tertiary/aromatic N) is 2. The molecule has 1 saturated heterocycles. The normalized spacial score (nSPS) is 19.4. The lowest BCUT2D eigenvalue weighted by Crippen LogP contribution is -2.55.